The van der Waals surface area contributed by atoms with Crippen molar-refractivity contribution in [3.8, 4) is 0 Å². The first-order valence-electron chi connectivity index (χ1n) is 7.55. The molecule has 0 saturated carbocycles. The normalized spacial score (nSPS) is 11.9. The number of hydrogen-bond donors (Lipinski definition) is 1. The smallest absolute Gasteiger partial charge is 0.368 e. The highest BCUT2D eigenvalue weighted by molar-refractivity contribution is 5.58. The van der Waals surface area contributed by atoms with Crippen molar-refractivity contribution in [2.45, 2.75) is 26.4 Å². The molecule has 9 heteroatoms. The van der Waals surface area contributed by atoms with Crippen LogP contribution in [-0.4, -0.2) is 26.4 Å². The van der Waals surface area contributed by atoms with Gasteiger partial charge >= 0.3 is 6.18 Å². The van der Waals surface area contributed by atoms with Crippen molar-refractivity contribution in [3.05, 3.63) is 52.6 Å². The van der Waals surface area contributed by atoms with Crippen LogP contribution < -0.4 is 5.32 Å². The summed E-state index contributed by atoms with van der Waals surface area (Å²) in [5.41, 5.74) is 2.26. The summed E-state index contributed by atoms with van der Waals surface area (Å²) in [6.45, 7) is 3.87. The fourth-order valence-corrected chi connectivity index (χ4v) is 2.45. The molecule has 0 bridgehead atoms. The molecule has 0 fully saturated rings. The monoisotopic (exact) mass is 353 g/mol. The number of aromatic nitrogens is 4. The van der Waals surface area contributed by atoms with Gasteiger partial charge < -0.3 is 5.32 Å². The first kappa shape index (κ1) is 17.1. The Kier molecular flexibility index (Phi) is 4.32. The first-order valence-corrected chi connectivity index (χ1v) is 7.55. The summed E-state index contributed by atoms with van der Waals surface area (Å²) < 4.78 is 52.6. The highest BCUT2D eigenvalue weighted by Crippen LogP contribution is 2.29. The number of halogens is 4. The molecule has 0 unspecified atom stereocenters. The predicted molar refractivity (Wildman–Crippen MR) is 83.9 cm³/mol. The second-order valence-corrected chi connectivity index (χ2v) is 5.66. The lowest BCUT2D eigenvalue weighted by Crippen LogP contribution is -2.16. The molecule has 2 aromatic heterocycles. The Morgan fingerprint density at radius 2 is 1.72 bits per heavy atom. The highest BCUT2D eigenvalue weighted by atomic mass is 19.4. The minimum absolute atomic E-state index is 0.0777. The third-order valence-electron chi connectivity index (χ3n) is 3.97. The molecule has 0 radical (unpaired) electrons. The lowest BCUT2D eigenvalue weighted by molar-refractivity contribution is -0.146. The Labute approximate surface area is 140 Å². The van der Waals surface area contributed by atoms with E-state index in [1.807, 2.05) is 0 Å². The largest absolute Gasteiger partial charge is 0.453 e. The Morgan fingerprint density at radius 1 is 1.04 bits per heavy atom. The second kappa shape index (κ2) is 6.30. The van der Waals surface area contributed by atoms with E-state index in [0.717, 1.165) is 5.56 Å². The molecule has 0 atom stereocenters. The minimum atomic E-state index is -4.64. The Balaban J connectivity index is 1.85. The van der Waals surface area contributed by atoms with Crippen LogP contribution in [0.15, 0.2) is 24.3 Å². The Hall–Kier alpha value is -2.71. The fourth-order valence-electron chi connectivity index (χ4n) is 2.45. The maximum absolute atomic E-state index is 13.0. The molecule has 132 valence electrons. The molecule has 0 spiro atoms. The first-order chi connectivity index (χ1) is 11.8. The van der Waals surface area contributed by atoms with Gasteiger partial charge in [-0.25, -0.2) is 4.39 Å². The lowest BCUT2D eigenvalue weighted by Gasteiger charge is -2.12. The van der Waals surface area contributed by atoms with Gasteiger partial charge in [0, 0.05) is 12.1 Å². The molecule has 1 N–H and O–H groups in total. The molecule has 0 aliphatic heterocycles. The van der Waals surface area contributed by atoms with Crippen LogP contribution in [-0.2, 0) is 12.6 Å². The van der Waals surface area contributed by atoms with Crippen LogP contribution in [0.2, 0.25) is 0 Å². The third-order valence-corrected chi connectivity index (χ3v) is 3.97. The van der Waals surface area contributed by atoms with E-state index in [-0.39, 0.29) is 11.5 Å². The van der Waals surface area contributed by atoms with Crippen molar-refractivity contribution in [3.63, 3.8) is 0 Å². The van der Waals surface area contributed by atoms with E-state index in [1.165, 1.54) is 12.1 Å². The van der Waals surface area contributed by atoms with Crippen molar-refractivity contribution < 1.29 is 17.6 Å². The van der Waals surface area contributed by atoms with Gasteiger partial charge in [0.05, 0.1) is 0 Å². The summed E-state index contributed by atoms with van der Waals surface area (Å²) >= 11 is 0. The zero-order chi connectivity index (χ0) is 18.2. The van der Waals surface area contributed by atoms with Gasteiger partial charge in [-0.05, 0) is 43.5 Å². The summed E-state index contributed by atoms with van der Waals surface area (Å²) in [6.07, 6.45) is -4.06. The van der Waals surface area contributed by atoms with Crippen LogP contribution in [0.3, 0.4) is 0 Å². The maximum atomic E-state index is 13.0. The molecule has 0 aliphatic carbocycles. The number of rotatable bonds is 4. The summed E-state index contributed by atoms with van der Waals surface area (Å²) in [5, 5.41) is 13.8. The van der Waals surface area contributed by atoms with Gasteiger partial charge in [0.2, 0.25) is 0 Å². The summed E-state index contributed by atoms with van der Waals surface area (Å²) in [5.74, 6) is -1.15. The number of hydrogen-bond acceptors (Lipinski definition) is 4. The average molecular weight is 353 g/mol. The van der Waals surface area contributed by atoms with Crippen LogP contribution in [0.4, 0.5) is 23.4 Å². The molecule has 0 aliphatic rings. The molecule has 0 amide bonds. The van der Waals surface area contributed by atoms with Gasteiger partial charge in [-0.15, -0.1) is 15.3 Å². The molecule has 3 rings (SSSR count). The molecular formula is C16H15F4N5. The maximum Gasteiger partial charge on any atom is 0.453 e. The number of nitrogens with zero attached hydrogens (tertiary/aromatic N) is 4. The topological polar surface area (TPSA) is 55.1 Å². The zero-order valence-electron chi connectivity index (χ0n) is 13.5. The number of anilines is 1. The molecule has 25 heavy (non-hydrogen) atoms. The van der Waals surface area contributed by atoms with E-state index in [9.17, 15) is 17.6 Å². The van der Waals surface area contributed by atoms with Crippen LogP contribution in [0.1, 0.15) is 22.5 Å². The van der Waals surface area contributed by atoms with Gasteiger partial charge in [-0.1, -0.05) is 12.1 Å². The van der Waals surface area contributed by atoms with Crippen molar-refractivity contribution >= 4 is 11.5 Å². The van der Waals surface area contributed by atoms with Crippen molar-refractivity contribution in [1.29, 1.82) is 0 Å². The fraction of sp³-hybridized carbons (Fsp3) is 0.312. The van der Waals surface area contributed by atoms with E-state index < -0.39 is 12.0 Å². The Bertz CT molecular complexity index is 900. The molecule has 1 aromatic carbocycles. The van der Waals surface area contributed by atoms with Gasteiger partial charge in [-0.3, -0.25) is 0 Å². The van der Waals surface area contributed by atoms with Crippen LogP contribution in [0.5, 0.6) is 0 Å². The standard InChI is InChI=1S/C16H15F4N5/c1-9-10(2)14-22-23-15(16(18,19)20)25(14)24-13(9)21-8-7-11-3-5-12(17)6-4-11/h3-6H,7-8H2,1-2H3,(H,21,24). The summed E-state index contributed by atoms with van der Waals surface area (Å²) in [7, 11) is 0. The SMILES string of the molecule is Cc1c(NCCc2ccc(F)cc2)nn2c(C(F)(F)F)nnc2c1C. The third kappa shape index (κ3) is 3.40. The molecular weight excluding hydrogens is 338 g/mol. The number of aryl methyl sites for hydroxylation is 1. The van der Waals surface area contributed by atoms with E-state index in [4.69, 9.17) is 0 Å². The second-order valence-electron chi connectivity index (χ2n) is 5.66. The van der Waals surface area contributed by atoms with Crippen LogP contribution in [0.25, 0.3) is 5.65 Å². The average Bonchev–Trinajstić information content (AvgIpc) is 2.98. The van der Waals surface area contributed by atoms with E-state index in [1.54, 1.807) is 26.0 Å². The molecule has 2 heterocycles. The van der Waals surface area contributed by atoms with Crippen LogP contribution >= 0.6 is 0 Å². The minimum Gasteiger partial charge on any atom is -0.368 e. The lowest BCUT2D eigenvalue weighted by atomic mass is 10.1. The number of alkyl halides is 3. The van der Waals surface area contributed by atoms with Gasteiger partial charge in [-0.2, -0.15) is 17.7 Å². The van der Waals surface area contributed by atoms with Crippen molar-refractivity contribution in [2.24, 2.45) is 0 Å². The van der Waals surface area contributed by atoms with E-state index >= 15 is 0 Å². The van der Waals surface area contributed by atoms with Crippen molar-refractivity contribution in [1.82, 2.24) is 19.8 Å². The number of fused-ring (bicyclic) bond motifs is 1. The van der Waals surface area contributed by atoms with E-state index in [0.29, 0.717) is 34.4 Å². The van der Waals surface area contributed by atoms with Gasteiger partial charge in [0.1, 0.15) is 11.6 Å². The molecule has 0 saturated heterocycles. The quantitative estimate of drug-likeness (QED) is 0.729. The van der Waals surface area contributed by atoms with Crippen molar-refractivity contribution in [2.75, 3.05) is 11.9 Å². The summed E-state index contributed by atoms with van der Waals surface area (Å²) in [4.78, 5) is 0. The van der Waals surface area contributed by atoms with Gasteiger partial charge in [0.15, 0.2) is 5.65 Å². The van der Waals surface area contributed by atoms with E-state index in [2.05, 4.69) is 20.6 Å². The number of nitrogens with one attached hydrogen (secondary N) is 1. The Morgan fingerprint density at radius 3 is 2.36 bits per heavy atom. The molecule has 3 aromatic rings. The summed E-state index contributed by atoms with van der Waals surface area (Å²) in [6, 6.07) is 6.05. The zero-order valence-corrected chi connectivity index (χ0v) is 13.5. The highest BCUT2D eigenvalue weighted by Gasteiger charge is 2.38. The van der Waals surface area contributed by atoms with Crippen LogP contribution in [0, 0.1) is 19.7 Å². The predicted octanol–water partition coefficient (Wildman–Crippen LogP) is 3.55. The van der Waals surface area contributed by atoms with Gasteiger partial charge in [0.25, 0.3) is 5.82 Å². The number of benzene rings is 1. The molecule has 5 nitrogen and oxygen atoms in total.